The fourth-order valence-electron chi connectivity index (χ4n) is 6.78. The number of nitrogen functional groups attached to an aromatic ring is 1. The molecule has 12 nitrogen and oxygen atoms in total. The van der Waals surface area contributed by atoms with E-state index in [-0.39, 0.29) is 28.5 Å². The summed E-state index contributed by atoms with van der Waals surface area (Å²) in [5, 5.41) is 25.1. The molecule has 5 aromatic rings. The molecule has 2 aromatic carbocycles. The monoisotopic (exact) mass is 661 g/mol. The molecule has 250 valence electrons. The first-order valence-electron chi connectivity index (χ1n) is 15.6. The van der Waals surface area contributed by atoms with Crippen LogP contribution in [0.2, 0.25) is 0 Å². The highest BCUT2D eigenvalue weighted by Crippen LogP contribution is 2.43. The summed E-state index contributed by atoms with van der Waals surface area (Å²) in [6.45, 7) is 5.33. The molecule has 0 radical (unpaired) electrons. The Bertz CT molecular complexity index is 2000. The van der Waals surface area contributed by atoms with Gasteiger partial charge in [0.25, 0.3) is 0 Å². The molecular weight excluding hydrogens is 627 g/mol. The van der Waals surface area contributed by atoms with Gasteiger partial charge in [-0.1, -0.05) is 24.3 Å². The molecule has 0 aliphatic carbocycles. The van der Waals surface area contributed by atoms with Crippen LogP contribution in [0.3, 0.4) is 0 Å². The first-order chi connectivity index (χ1) is 22.9. The lowest BCUT2D eigenvalue weighted by atomic mass is 9.76. The number of aromatic amines is 1. The van der Waals surface area contributed by atoms with Crippen LogP contribution in [-0.2, 0) is 4.79 Å². The number of alkyl halides is 3. The molecular formula is C33H34F3N9O3. The number of nitrogens with one attached hydrogen (secondary N) is 2. The first-order valence-corrected chi connectivity index (χ1v) is 15.6. The van der Waals surface area contributed by atoms with Gasteiger partial charge in [-0.05, 0) is 67.9 Å². The third kappa shape index (κ3) is 6.01. The van der Waals surface area contributed by atoms with Gasteiger partial charge < -0.3 is 25.8 Å². The SMILES string of the molecule is Cc1ccn(-c2cc(-c3ccc4c(C)[nH]nc4c3)ccc2[C@@H](Oc2cc(N3CCC4(CC3)CNC(C(=O)O)C4)nc(N)n2)C(F)(F)F)n1. The minimum atomic E-state index is -4.84. The molecule has 5 heterocycles. The number of carboxylic acid groups (broad SMARTS) is 1. The quantitative estimate of drug-likeness (QED) is 0.184. The molecule has 2 saturated heterocycles. The van der Waals surface area contributed by atoms with Crippen molar-refractivity contribution in [2.75, 3.05) is 30.3 Å². The van der Waals surface area contributed by atoms with Gasteiger partial charge in [0.1, 0.15) is 11.9 Å². The fraction of sp³-hybridized carbons (Fsp3) is 0.364. The summed E-state index contributed by atoms with van der Waals surface area (Å²) in [5.41, 5.74) is 9.62. The molecule has 2 fully saturated rings. The molecule has 0 bridgehead atoms. The standard InChI is InChI=1S/C33H34F3N9O3/c1-18-7-10-45(43-18)26-14-21(20-3-5-22-19(2)41-42-24(22)13-20)4-6-23(26)29(33(34,35)36)48-28-15-27(39-31(37)40-28)44-11-8-32(9-12-44)16-25(30(46)47)38-17-32/h3-7,10,13-15,25,29,38H,8-9,11-12,16-17H2,1-2H3,(H,41,42)(H,46,47)(H2,37,39,40)/t25?,29-/m1/s1. The summed E-state index contributed by atoms with van der Waals surface area (Å²) in [5.74, 6) is -1.07. The van der Waals surface area contributed by atoms with Crippen molar-refractivity contribution in [2.24, 2.45) is 5.41 Å². The number of fused-ring (bicyclic) bond motifs is 1. The summed E-state index contributed by atoms with van der Waals surface area (Å²) < 4.78 is 51.8. The van der Waals surface area contributed by atoms with E-state index >= 15 is 0 Å². The third-order valence-corrected chi connectivity index (χ3v) is 9.41. The van der Waals surface area contributed by atoms with Crippen LogP contribution in [0.1, 0.15) is 42.3 Å². The van der Waals surface area contributed by atoms with E-state index in [9.17, 15) is 23.1 Å². The fourth-order valence-corrected chi connectivity index (χ4v) is 6.78. The van der Waals surface area contributed by atoms with Gasteiger partial charge in [-0.25, -0.2) is 4.68 Å². The highest BCUT2D eigenvalue weighted by atomic mass is 19.4. The van der Waals surface area contributed by atoms with Crippen LogP contribution in [0, 0.1) is 19.3 Å². The van der Waals surface area contributed by atoms with Gasteiger partial charge in [0.15, 0.2) is 0 Å². The predicted octanol–water partition coefficient (Wildman–Crippen LogP) is 5.12. The van der Waals surface area contributed by atoms with Gasteiger partial charge in [-0.3, -0.25) is 9.89 Å². The van der Waals surface area contributed by atoms with Crippen LogP contribution in [0.5, 0.6) is 5.88 Å². The van der Waals surface area contributed by atoms with Gasteiger partial charge in [0.2, 0.25) is 17.9 Å². The molecule has 2 aliphatic rings. The van der Waals surface area contributed by atoms with Gasteiger partial charge in [-0.2, -0.15) is 33.3 Å². The number of hydrogen-bond acceptors (Lipinski definition) is 9. The Morgan fingerprint density at radius 3 is 2.52 bits per heavy atom. The van der Waals surface area contributed by atoms with Crippen molar-refractivity contribution < 1.29 is 27.8 Å². The minimum Gasteiger partial charge on any atom is -0.480 e. The Kier molecular flexibility index (Phi) is 7.73. The van der Waals surface area contributed by atoms with Crippen LogP contribution < -0.4 is 20.7 Å². The summed E-state index contributed by atoms with van der Waals surface area (Å²) in [6, 6.07) is 12.9. The average molecular weight is 662 g/mol. The second-order valence-electron chi connectivity index (χ2n) is 12.7. The zero-order valence-electron chi connectivity index (χ0n) is 26.3. The number of nitrogens with two attached hydrogens (primary N) is 1. The topological polar surface area (TPSA) is 160 Å². The van der Waals surface area contributed by atoms with E-state index in [0.29, 0.717) is 56.0 Å². The maximum absolute atomic E-state index is 14.9. The molecule has 5 N–H and O–H groups in total. The van der Waals surface area contributed by atoms with Crippen LogP contribution >= 0.6 is 0 Å². The number of carboxylic acids is 1. The molecule has 7 rings (SSSR count). The number of nitrogens with zero attached hydrogens (tertiary/aromatic N) is 6. The van der Waals surface area contributed by atoms with Crippen LogP contribution in [0.4, 0.5) is 24.9 Å². The highest BCUT2D eigenvalue weighted by Gasteiger charge is 2.46. The second kappa shape index (κ2) is 11.8. The lowest BCUT2D eigenvalue weighted by molar-refractivity contribution is -0.198. The van der Waals surface area contributed by atoms with E-state index in [4.69, 9.17) is 10.5 Å². The van der Waals surface area contributed by atoms with Gasteiger partial charge >= 0.3 is 12.1 Å². The third-order valence-electron chi connectivity index (χ3n) is 9.41. The van der Waals surface area contributed by atoms with E-state index in [1.807, 2.05) is 30.0 Å². The summed E-state index contributed by atoms with van der Waals surface area (Å²) >= 11 is 0. The molecule has 3 aromatic heterocycles. The Balaban J connectivity index is 1.20. The Morgan fingerprint density at radius 2 is 1.83 bits per heavy atom. The van der Waals surface area contributed by atoms with Crippen LogP contribution in [-0.4, -0.2) is 72.9 Å². The molecule has 1 unspecified atom stereocenters. The number of hydrogen-bond donors (Lipinski definition) is 4. The number of ether oxygens (including phenoxy) is 1. The van der Waals surface area contributed by atoms with Crippen molar-refractivity contribution in [2.45, 2.75) is 51.4 Å². The Labute approximate surface area is 273 Å². The number of halogens is 3. The number of anilines is 2. The number of aliphatic carboxylic acids is 1. The molecule has 1 spiro atoms. The van der Waals surface area contributed by atoms with Gasteiger partial charge in [-0.15, -0.1) is 0 Å². The van der Waals surface area contributed by atoms with Crippen molar-refractivity contribution in [3.63, 3.8) is 0 Å². The normalized spacial score (nSPS) is 18.4. The molecule has 0 saturated carbocycles. The van der Waals surface area contributed by atoms with E-state index < -0.39 is 24.3 Å². The summed E-state index contributed by atoms with van der Waals surface area (Å²) in [6.07, 6.45) is -3.72. The summed E-state index contributed by atoms with van der Waals surface area (Å²) in [4.78, 5) is 21.7. The highest BCUT2D eigenvalue weighted by molar-refractivity contribution is 5.86. The molecule has 48 heavy (non-hydrogen) atoms. The van der Waals surface area contributed by atoms with Crippen molar-refractivity contribution >= 4 is 28.6 Å². The lowest BCUT2D eigenvalue weighted by Gasteiger charge is -2.39. The first kappa shape index (κ1) is 31.4. The molecule has 15 heteroatoms. The van der Waals surface area contributed by atoms with Crippen LogP contribution in [0.25, 0.3) is 27.7 Å². The number of rotatable bonds is 7. The number of piperidine rings is 1. The van der Waals surface area contributed by atoms with Crippen molar-refractivity contribution in [3.8, 4) is 22.7 Å². The number of benzene rings is 2. The number of aryl methyl sites for hydroxylation is 2. The van der Waals surface area contributed by atoms with Gasteiger partial charge in [0, 0.05) is 48.5 Å². The molecule has 0 amide bonds. The Hall–Kier alpha value is -5.18. The van der Waals surface area contributed by atoms with Crippen molar-refractivity contribution in [1.29, 1.82) is 0 Å². The smallest absolute Gasteiger partial charge is 0.429 e. The number of H-pyrrole nitrogens is 1. The molecule has 2 aliphatic heterocycles. The predicted molar refractivity (Wildman–Crippen MR) is 172 cm³/mol. The Morgan fingerprint density at radius 1 is 1.08 bits per heavy atom. The largest absolute Gasteiger partial charge is 0.480 e. The van der Waals surface area contributed by atoms with Crippen molar-refractivity contribution in [3.05, 3.63) is 71.7 Å². The average Bonchev–Trinajstić information content (AvgIpc) is 3.78. The zero-order chi connectivity index (χ0) is 33.8. The summed E-state index contributed by atoms with van der Waals surface area (Å²) in [7, 11) is 0. The maximum Gasteiger partial charge on any atom is 0.429 e. The van der Waals surface area contributed by atoms with E-state index in [1.54, 1.807) is 31.3 Å². The van der Waals surface area contributed by atoms with E-state index in [0.717, 1.165) is 22.2 Å². The second-order valence-corrected chi connectivity index (χ2v) is 12.7. The van der Waals surface area contributed by atoms with Crippen LogP contribution in [0.15, 0.2) is 54.7 Å². The van der Waals surface area contributed by atoms with E-state index in [1.165, 1.54) is 16.8 Å². The molecule has 2 atom stereocenters. The lowest BCUT2D eigenvalue weighted by Crippen LogP contribution is -2.41. The van der Waals surface area contributed by atoms with E-state index in [2.05, 4.69) is 30.6 Å². The zero-order valence-corrected chi connectivity index (χ0v) is 26.3. The number of carbonyl (C=O) groups is 1. The van der Waals surface area contributed by atoms with Crippen molar-refractivity contribution in [1.82, 2.24) is 35.3 Å². The number of aromatic nitrogens is 6. The van der Waals surface area contributed by atoms with Gasteiger partial charge in [0.05, 0.1) is 16.9 Å². The minimum absolute atomic E-state index is 0.158. The maximum atomic E-state index is 14.9.